The van der Waals surface area contributed by atoms with Crippen LogP contribution in [0.5, 0.6) is 11.5 Å². The van der Waals surface area contributed by atoms with E-state index in [-0.39, 0.29) is 0 Å². The summed E-state index contributed by atoms with van der Waals surface area (Å²) in [7, 11) is 0. The van der Waals surface area contributed by atoms with Gasteiger partial charge in [0.2, 0.25) is 0 Å². The van der Waals surface area contributed by atoms with Crippen molar-refractivity contribution < 1.29 is 9.47 Å². The zero-order valence-corrected chi connectivity index (χ0v) is 11.3. The largest absolute Gasteiger partial charge is 0.485 e. The molecule has 78 valence electrons. The van der Waals surface area contributed by atoms with Gasteiger partial charge in [-0.15, -0.1) is 0 Å². The molecule has 7 heteroatoms. The van der Waals surface area contributed by atoms with Crippen LogP contribution in [0, 0.1) is 0 Å². The number of fused-ring (bicyclic) bond motifs is 2. The Hall–Kier alpha value is -0.400. The molecule has 0 spiro atoms. The minimum Gasteiger partial charge on any atom is -0.485 e. The molecule has 0 saturated heterocycles. The van der Waals surface area contributed by atoms with Gasteiger partial charge in [-0.25, -0.2) is 0 Å². The van der Waals surface area contributed by atoms with E-state index < -0.39 is 0 Å². The van der Waals surface area contributed by atoms with Gasteiger partial charge in [-0.05, 0) is 31.9 Å². The molecule has 0 atom stereocenters. The van der Waals surface area contributed by atoms with Crippen molar-refractivity contribution in [3.05, 3.63) is 8.95 Å². The van der Waals surface area contributed by atoms with Gasteiger partial charge in [-0.3, -0.25) is 0 Å². The minimum atomic E-state index is 0.557. The third kappa shape index (κ3) is 1.37. The van der Waals surface area contributed by atoms with E-state index in [9.17, 15) is 0 Å². The predicted molar refractivity (Wildman–Crippen MR) is 63.8 cm³/mol. The highest BCUT2D eigenvalue weighted by Crippen LogP contribution is 2.47. The van der Waals surface area contributed by atoms with E-state index in [1.165, 1.54) is 11.7 Å². The number of halogens is 2. The normalized spacial score (nSPS) is 14.5. The summed E-state index contributed by atoms with van der Waals surface area (Å²) in [5.74, 6) is 1.40. The number of hydrogen-bond donors (Lipinski definition) is 0. The molecule has 0 amide bonds. The molecule has 1 aromatic carbocycles. The second kappa shape index (κ2) is 3.57. The Kier molecular flexibility index (Phi) is 2.33. The van der Waals surface area contributed by atoms with Crippen LogP contribution in [-0.2, 0) is 0 Å². The first-order chi connectivity index (χ1) is 7.29. The molecule has 15 heavy (non-hydrogen) atoms. The quantitative estimate of drug-likeness (QED) is 0.731. The number of aromatic nitrogens is 2. The van der Waals surface area contributed by atoms with Gasteiger partial charge in [0.1, 0.15) is 24.2 Å². The van der Waals surface area contributed by atoms with Crippen molar-refractivity contribution in [2.24, 2.45) is 0 Å². The van der Waals surface area contributed by atoms with Gasteiger partial charge in [0, 0.05) is 0 Å². The molecule has 1 aliphatic heterocycles. The maximum atomic E-state index is 5.55. The SMILES string of the molecule is Brc1c2c(c(Br)c3nsnc13)OCCO2. The van der Waals surface area contributed by atoms with E-state index in [0.717, 1.165) is 20.0 Å². The Morgan fingerprint density at radius 3 is 1.87 bits per heavy atom. The molecule has 2 heterocycles. The summed E-state index contributed by atoms with van der Waals surface area (Å²) in [4.78, 5) is 0. The van der Waals surface area contributed by atoms with Gasteiger partial charge >= 0.3 is 0 Å². The fraction of sp³-hybridized carbons (Fsp3) is 0.250. The van der Waals surface area contributed by atoms with Crippen molar-refractivity contribution in [3.8, 4) is 11.5 Å². The Morgan fingerprint density at radius 2 is 1.40 bits per heavy atom. The second-order valence-corrected chi connectivity index (χ2v) is 5.06. The number of nitrogens with zero attached hydrogens (tertiary/aromatic N) is 2. The van der Waals surface area contributed by atoms with Crippen LogP contribution in [-0.4, -0.2) is 22.0 Å². The van der Waals surface area contributed by atoms with Crippen molar-refractivity contribution in [1.82, 2.24) is 8.75 Å². The average Bonchev–Trinajstić information content (AvgIpc) is 2.75. The maximum Gasteiger partial charge on any atom is 0.179 e. The number of ether oxygens (including phenoxy) is 2. The topological polar surface area (TPSA) is 44.2 Å². The van der Waals surface area contributed by atoms with E-state index in [0.29, 0.717) is 24.7 Å². The van der Waals surface area contributed by atoms with Crippen molar-refractivity contribution in [2.45, 2.75) is 0 Å². The highest BCUT2D eigenvalue weighted by molar-refractivity contribution is 9.11. The third-order valence-electron chi connectivity index (χ3n) is 2.09. The summed E-state index contributed by atoms with van der Waals surface area (Å²) in [6.07, 6.45) is 0. The number of rotatable bonds is 0. The van der Waals surface area contributed by atoms with Gasteiger partial charge in [0.15, 0.2) is 11.5 Å². The monoisotopic (exact) mass is 350 g/mol. The molecule has 4 nitrogen and oxygen atoms in total. The average molecular weight is 352 g/mol. The van der Waals surface area contributed by atoms with Crippen LogP contribution in [0.2, 0.25) is 0 Å². The fourth-order valence-electron chi connectivity index (χ4n) is 1.44. The van der Waals surface area contributed by atoms with Gasteiger partial charge in [-0.1, -0.05) is 0 Å². The first kappa shape index (κ1) is 9.80. The van der Waals surface area contributed by atoms with E-state index in [2.05, 4.69) is 40.6 Å². The van der Waals surface area contributed by atoms with Crippen molar-refractivity contribution in [1.29, 1.82) is 0 Å². The van der Waals surface area contributed by atoms with E-state index in [1.54, 1.807) is 0 Å². The summed E-state index contributed by atoms with van der Waals surface area (Å²) in [5, 5.41) is 0. The van der Waals surface area contributed by atoms with Crippen LogP contribution in [0.25, 0.3) is 11.0 Å². The lowest BCUT2D eigenvalue weighted by atomic mass is 10.2. The lowest BCUT2D eigenvalue weighted by Crippen LogP contribution is -2.16. The summed E-state index contributed by atoms with van der Waals surface area (Å²) in [6, 6.07) is 0. The molecule has 0 saturated carbocycles. The molecule has 3 rings (SSSR count). The standard InChI is InChI=1S/C8H4Br2N2O2S/c9-3-5-6(12-15-11-5)4(10)8-7(3)13-1-2-14-8/h1-2H2. The van der Waals surface area contributed by atoms with Gasteiger partial charge in [0.05, 0.1) is 20.7 Å². The van der Waals surface area contributed by atoms with E-state index in [1.807, 2.05) is 0 Å². The van der Waals surface area contributed by atoms with Gasteiger partial charge < -0.3 is 9.47 Å². The first-order valence-corrected chi connectivity index (χ1v) is 6.49. The molecular formula is C8H4Br2N2O2S. The van der Waals surface area contributed by atoms with E-state index in [4.69, 9.17) is 9.47 Å². The molecular weight excluding hydrogens is 348 g/mol. The summed E-state index contributed by atoms with van der Waals surface area (Å²) < 4.78 is 21.1. The molecule has 1 aliphatic rings. The molecule has 0 bridgehead atoms. The first-order valence-electron chi connectivity index (χ1n) is 4.18. The minimum absolute atomic E-state index is 0.557. The predicted octanol–water partition coefficient (Wildman–Crippen LogP) is 2.99. The van der Waals surface area contributed by atoms with Crippen LogP contribution < -0.4 is 9.47 Å². The molecule has 0 unspecified atom stereocenters. The van der Waals surface area contributed by atoms with Crippen LogP contribution in [0.15, 0.2) is 8.95 Å². The number of benzene rings is 1. The highest BCUT2D eigenvalue weighted by atomic mass is 79.9. The van der Waals surface area contributed by atoms with Gasteiger partial charge in [0.25, 0.3) is 0 Å². The molecule has 0 N–H and O–H groups in total. The van der Waals surface area contributed by atoms with Gasteiger partial charge in [-0.2, -0.15) is 8.75 Å². The highest BCUT2D eigenvalue weighted by Gasteiger charge is 2.24. The molecule has 0 radical (unpaired) electrons. The third-order valence-corrected chi connectivity index (χ3v) is 4.09. The summed E-state index contributed by atoms with van der Waals surface area (Å²) in [5.41, 5.74) is 1.60. The lowest BCUT2D eigenvalue weighted by molar-refractivity contribution is 0.170. The Labute approximate surface area is 106 Å². The Bertz CT molecular complexity index is 497. The second-order valence-electron chi connectivity index (χ2n) is 2.94. The molecule has 0 fully saturated rings. The smallest absolute Gasteiger partial charge is 0.179 e. The zero-order valence-electron chi connectivity index (χ0n) is 7.29. The molecule has 0 aliphatic carbocycles. The molecule has 1 aromatic heterocycles. The van der Waals surface area contributed by atoms with Crippen LogP contribution in [0.3, 0.4) is 0 Å². The summed E-state index contributed by atoms with van der Waals surface area (Å²) in [6.45, 7) is 1.11. The van der Waals surface area contributed by atoms with Crippen LogP contribution >= 0.6 is 43.6 Å². The lowest BCUT2D eigenvalue weighted by Gasteiger charge is -2.20. The van der Waals surface area contributed by atoms with Crippen molar-refractivity contribution in [3.63, 3.8) is 0 Å². The van der Waals surface area contributed by atoms with Crippen LogP contribution in [0.4, 0.5) is 0 Å². The van der Waals surface area contributed by atoms with Crippen molar-refractivity contribution >= 4 is 54.6 Å². The molecule has 2 aromatic rings. The Morgan fingerprint density at radius 1 is 0.933 bits per heavy atom. The van der Waals surface area contributed by atoms with Crippen molar-refractivity contribution in [2.75, 3.05) is 13.2 Å². The fourth-order valence-corrected chi connectivity index (χ4v) is 3.37. The van der Waals surface area contributed by atoms with E-state index >= 15 is 0 Å². The zero-order chi connectivity index (χ0) is 10.4. The van der Waals surface area contributed by atoms with Crippen LogP contribution in [0.1, 0.15) is 0 Å². The Balaban J connectivity index is 2.43. The summed E-state index contributed by atoms with van der Waals surface area (Å²) >= 11 is 8.09. The maximum absolute atomic E-state index is 5.55. The number of hydrogen-bond acceptors (Lipinski definition) is 5.